The van der Waals surface area contributed by atoms with E-state index in [-0.39, 0.29) is 0 Å². The minimum absolute atomic E-state index is 0.425. The monoisotopic (exact) mass is 520 g/mol. The zero-order valence-corrected chi connectivity index (χ0v) is 18.9. The van der Waals surface area contributed by atoms with Crippen molar-refractivity contribution in [3.05, 3.63) is 29.8 Å². The molecule has 1 aromatic rings. The molecule has 0 saturated carbocycles. The first-order valence-corrected chi connectivity index (χ1v) is 10.8. The summed E-state index contributed by atoms with van der Waals surface area (Å²) in [6.45, 7) is 5.74. The Morgan fingerprint density at radius 3 is 1.90 bits per heavy atom. The molecule has 0 radical (unpaired) electrons. The molecule has 1 aliphatic rings. The normalized spacial score (nSPS) is 26.3. The molecular formula is C20H25IO8. The third-order valence-electron chi connectivity index (χ3n) is 4.23. The molecule has 1 heterocycles. The van der Waals surface area contributed by atoms with Crippen molar-refractivity contribution in [3.63, 3.8) is 0 Å². The van der Waals surface area contributed by atoms with Crippen LogP contribution in [-0.2, 0) is 39.8 Å². The number of ether oxygens (including phenoxy) is 5. The summed E-state index contributed by atoms with van der Waals surface area (Å²) in [5.41, 5.74) is 1.14. The quantitative estimate of drug-likeness (QED) is 0.234. The zero-order valence-electron chi connectivity index (χ0n) is 16.8. The molecule has 160 valence electrons. The van der Waals surface area contributed by atoms with Crippen molar-refractivity contribution >= 4 is 40.5 Å². The molecule has 0 N–H and O–H groups in total. The zero-order chi connectivity index (χ0) is 21.6. The second kappa shape index (κ2) is 10.8. The van der Waals surface area contributed by atoms with Crippen molar-refractivity contribution in [2.75, 3.05) is 4.43 Å². The molecule has 1 fully saturated rings. The Bertz CT molecular complexity index is 720. The second-order valence-electron chi connectivity index (χ2n) is 6.53. The first-order chi connectivity index (χ1) is 13.7. The smallest absolute Gasteiger partial charge is 0.303 e. The van der Waals surface area contributed by atoms with E-state index in [1.165, 1.54) is 20.8 Å². The maximum absolute atomic E-state index is 11.7. The Hall–Kier alpha value is -1.88. The lowest BCUT2D eigenvalue weighted by atomic mass is 9.98. The SMILES string of the molecule is CCc1ccc(OC2OC(CI)C(OC(C)=O)C(OC(C)=O)C2OC(C)=O)cc1. The molecule has 0 bridgehead atoms. The number of hydrogen-bond acceptors (Lipinski definition) is 8. The molecule has 1 saturated heterocycles. The number of benzene rings is 1. The van der Waals surface area contributed by atoms with Crippen LogP contribution < -0.4 is 4.74 Å². The van der Waals surface area contributed by atoms with Gasteiger partial charge in [-0.3, -0.25) is 14.4 Å². The maximum atomic E-state index is 11.7. The molecular weight excluding hydrogens is 495 g/mol. The number of halogens is 1. The van der Waals surface area contributed by atoms with Gasteiger partial charge in [0.25, 0.3) is 0 Å². The van der Waals surface area contributed by atoms with E-state index in [0.717, 1.165) is 12.0 Å². The van der Waals surface area contributed by atoms with Gasteiger partial charge in [-0.25, -0.2) is 0 Å². The number of carbonyl (C=O) groups excluding carboxylic acids is 3. The Kier molecular flexibility index (Phi) is 8.69. The van der Waals surface area contributed by atoms with E-state index in [1.54, 1.807) is 12.1 Å². The van der Waals surface area contributed by atoms with Gasteiger partial charge in [-0.2, -0.15) is 0 Å². The largest absolute Gasteiger partial charge is 0.461 e. The highest BCUT2D eigenvalue weighted by molar-refractivity contribution is 14.1. The lowest BCUT2D eigenvalue weighted by Gasteiger charge is -2.43. The van der Waals surface area contributed by atoms with Crippen LogP contribution in [0.25, 0.3) is 0 Å². The second-order valence-corrected chi connectivity index (χ2v) is 7.42. The van der Waals surface area contributed by atoms with Crippen LogP contribution in [0.15, 0.2) is 24.3 Å². The van der Waals surface area contributed by atoms with Crippen LogP contribution in [0, 0.1) is 0 Å². The van der Waals surface area contributed by atoms with Gasteiger partial charge in [0.15, 0.2) is 12.2 Å². The molecule has 0 amide bonds. The number of alkyl halides is 1. The fourth-order valence-electron chi connectivity index (χ4n) is 3.01. The number of rotatable bonds is 7. The summed E-state index contributed by atoms with van der Waals surface area (Å²) in [5, 5.41) is 0. The molecule has 1 aromatic carbocycles. The Morgan fingerprint density at radius 1 is 0.897 bits per heavy atom. The fraction of sp³-hybridized carbons (Fsp3) is 0.550. The Morgan fingerprint density at radius 2 is 1.41 bits per heavy atom. The van der Waals surface area contributed by atoms with Crippen molar-refractivity contribution in [1.29, 1.82) is 0 Å². The van der Waals surface area contributed by atoms with Gasteiger partial charge in [-0.15, -0.1) is 0 Å². The van der Waals surface area contributed by atoms with Crippen LogP contribution in [-0.4, -0.2) is 53.0 Å². The number of esters is 3. The molecule has 9 heteroatoms. The molecule has 0 spiro atoms. The predicted octanol–water partition coefficient (Wildman–Crippen LogP) is 2.58. The van der Waals surface area contributed by atoms with Crippen molar-refractivity contribution in [2.45, 2.75) is 64.8 Å². The Labute approximate surface area is 183 Å². The van der Waals surface area contributed by atoms with Crippen molar-refractivity contribution in [1.82, 2.24) is 0 Å². The topological polar surface area (TPSA) is 97.4 Å². The van der Waals surface area contributed by atoms with Gasteiger partial charge in [0.05, 0.1) is 0 Å². The van der Waals surface area contributed by atoms with E-state index >= 15 is 0 Å². The van der Waals surface area contributed by atoms with Crippen molar-refractivity contribution in [3.8, 4) is 5.75 Å². The number of hydrogen-bond donors (Lipinski definition) is 0. The van der Waals surface area contributed by atoms with E-state index in [0.29, 0.717) is 10.2 Å². The highest BCUT2D eigenvalue weighted by Gasteiger charge is 2.52. The summed E-state index contributed by atoms with van der Waals surface area (Å²) >= 11 is 2.08. The van der Waals surface area contributed by atoms with E-state index in [1.807, 2.05) is 19.1 Å². The van der Waals surface area contributed by atoms with Crippen molar-refractivity contribution < 1.29 is 38.1 Å². The van der Waals surface area contributed by atoms with E-state index in [2.05, 4.69) is 22.6 Å². The summed E-state index contributed by atoms with van der Waals surface area (Å²) in [6.07, 6.45) is -3.94. The van der Waals surface area contributed by atoms with Gasteiger partial charge in [-0.05, 0) is 24.1 Å². The van der Waals surface area contributed by atoms with Crippen molar-refractivity contribution in [2.24, 2.45) is 0 Å². The van der Waals surface area contributed by atoms with Crippen LogP contribution in [0.1, 0.15) is 33.3 Å². The van der Waals surface area contributed by atoms with Gasteiger partial charge in [-0.1, -0.05) is 41.6 Å². The standard InChI is InChI=1S/C20H25IO8/c1-5-14-6-8-15(9-7-14)28-20-19(27-13(4)24)18(26-12(3)23)17(25-11(2)22)16(10-21)29-20/h6-9,16-20H,5,10H2,1-4H3. The molecule has 8 nitrogen and oxygen atoms in total. The third kappa shape index (κ3) is 6.56. The lowest BCUT2D eigenvalue weighted by molar-refractivity contribution is -0.279. The minimum Gasteiger partial charge on any atom is -0.461 e. The number of carbonyl (C=O) groups is 3. The molecule has 29 heavy (non-hydrogen) atoms. The predicted molar refractivity (Wildman–Crippen MR) is 111 cm³/mol. The summed E-state index contributed by atoms with van der Waals surface area (Å²) in [7, 11) is 0. The third-order valence-corrected chi connectivity index (χ3v) is 5.10. The van der Waals surface area contributed by atoms with Crippen LogP contribution in [0.2, 0.25) is 0 Å². The summed E-state index contributed by atoms with van der Waals surface area (Å²) < 4.78 is 28.4. The van der Waals surface area contributed by atoms with Gasteiger partial charge in [0.2, 0.25) is 12.4 Å². The lowest BCUT2D eigenvalue weighted by Crippen LogP contribution is -2.63. The Balaban J connectivity index is 2.37. The molecule has 0 aliphatic carbocycles. The summed E-state index contributed by atoms with van der Waals surface area (Å²) in [6, 6.07) is 7.40. The summed E-state index contributed by atoms with van der Waals surface area (Å²) in [5.74, 6) is -1.28. The first kappa shape index (κ1) is 23.4. The van der Waals surface area contributed by atoms with Gasteiger partial charge < -0.3 is 23.7 Å². The van der Waals surface area contributed by atoms with Gasteiger partial charge >= 0.3 is 17.9 Å². The van der Waals surface area contributed by atoms with E-state index < -0.39 is 48.6 Å². The van der Waals surface area contributed by atoms with Crippen LogP contribution >= 0.6 is 22.6 Å². The highest BCUT2D eigenvalue weighted by atomic mass is 127. The van der Waals surface area contributed by atoms with Crippen LogP contribution in [0.4, 0.5) is 0 Å². The minimum atomic E-state index is -1.12. The summed E-state index contributed by atoms with van der Waals surface area (Å²) in [4.78, 5) is 35.0. The van der Waals surface area contributed by atoms with Gasteiger partial charge in [0, 0.05) is 25.2 Å². The highest BCUT2D eigenvalue weighted by Crippen LogP contribution is 2.31. The van der Waals surface area contributed by atoms with E-state index in [9.17, 15) is 14.4 Å². The maximum Gasteiger partial charge on any atom is 0.303 e. The molecule has 0 aromatic heterocycles. The van der Waals surface area contributed by atoms with Gasteiger partial charge in [0.1, 0.15) is 11.9 Å². The molecule has 5 unspecified atom stereocenters. The van der Waals surface area contributed by atoms with Crippen LogP contribution in [0.5, 0.6) is 5.75 Å². The molecule has 5 atom stereocenters. The van der Waals surface area contributed by atoms with E-state index in [4.69, 9.17) is 23.7 Å². The first-order valence-electron chi connectivity index (χ1n) is 9.23. The molecule has 2 rings (SSSR count). The average Bonchev–Trinajstić information content (AvgIpc) is 2.65. The molecule has 1 aliphatic heterocycles. The van der Waals surface area contributed by atoms with Crippen LogP contribution in [0.3, 0.4) is 0 Å². The fourth-order valence-corrected chi connectivity index (χ4v) is 3.72. The number of aryl methyl sites for hydroxylation is 1. The average molecular weight is 520 g/mol.